The van der Waals surface area contributed by atoms with Crippen LogP contribution in [-0.4, -0.2) is 215 Å². The quantitative estimate of drug-likeness (QED) is 0.121. The van der Waals surface area contributed by atoms with Crippen molar-refractivity contribution < 1.29 is 57.8 Å². The lowest BCUT2D eigenvalue weighted by atomic mass is 9.91. The Bertz CT molecular complexity index is 2310. The first-order valence-electron chi connectivity index (χ1n) is 30.7. The van der Waals surface area contributed by atoms with Crippen LogP contribution in [0, 0.1) is 41.4 Å². The number of hydrogen-bond donors (Lipinski definition) is 6. The third-order valence-corrected chi connectivity index (χ3v) is 15.8. The number of amides is 11. The minimum absolute atomic E-state index is 0.0920. The van der Waals surface area contributed by atoms with Crippen LogP contribution in [0.4, 0.5) is 0 Å². The van der Waals surface area contributed by atoms with Gasteiger partial charge in [-0.25, -0.2) is 0 Å². The first-order chi connectivity index (χ1) is 39.3. The van der Waals surface area contributed by atoms with E-state index in [1.54, 1.807) is 54.5 Å². The zero-order valence-corrected chi connectivity index (χ0v) is 55.8. The minimum Gasteiger partial charge on any atom is -0.390 e. The topological polar surface area (TPSA) is 288 Å². The average Bonchev–Trinajstić information content (AvgIpc) is 3.12. The van der Waals surface area contributed by atoms with Crippen LogP contribution in [0.25, 0.3) is 0 Å². The highest BCUT2D eigenvalue weighted by atomic mass is 16.3. The molecule has 12 atom stereocenters. The maximum absolute atomic E-state index is 15.1. The lowest BCUT2D eigenvalue weighted by Crippen LogP contribution is -2.63. The van der Waals surface area contributed by atoms with Gasteiger partial charge in [0.15, 0.2) is 0 Å². The van der Waals surface area contributed by atoms with Crippen molar-refractivity contribution in [3.05, 3.63) is 12.2 Å². The molecule has 0 bridgehead atoms. The Labute approximate surface area is 508 Å². The molecule has 0 unspecified atom stereocenters. The number of hydrogen-bond acceptors (Lipinski definition) is 12. The van der Waals surface area contributed by atoms with E-state index in [0.717, 1.165) is 9.80 Å². The minimum atomic E-state index is -1.61. The molecule has 1 fully saturated rings. The first kappa shape index (κ1) is 76.9. The average molecular weight is 1200 g/mol. The van der Waals surface area contributed by atoms with E-state index in [1.807, 2.05) is 61.5 Å². The molecular formula is C62H111N11O12. The highest BCUT2D eigenvalue weighted by molar-refractivity contribution is 5.99. The molecule has 1 saturated heterocycles. The molecule has 23 nitrogen and oxygen atoms in total. The van der Waals surface area contributed by atoms with Gasteiger partial charge >= 0.3 is 0 Å². The van der Waals surface area contributed by atoms with Crippen molar-refractivity contribution >= 4 is 65.0 Å². The molecule has 0 aromatic rings. The van der Waals surface area contributed by atoms with Crippen molar-refractivity contribution in [3.8, 4) is 0 Å². The van der Waals surface area contributed by atoms with Crippen LogP contribution < -0.4 is 26.6 Å². The molecule has 486 valence electrons. The molecule has 0 radical (unpaired) electrons. The maximum atomic E-state index is 15.1. The number of nitrogens with zero attached hydrogens (tertiary/aromatic N) is 6. The fourth-order valence-corrected chi connectivity index (χ4v) is 10.6. The van der Waals surface area contributed by atoms with Gasteiger partial charge in [-0.15, -0.1) is 0 Å². The van der Waals surface area contributed by atoms with Gasteiger partial charge in [-0.05, 0) is 101 Å². The van der Waals surface area contributed by atoms with Crippen LogP contribution in [0.1, 0.15) is 163 Å². The van der Waals surface area contributed by atoms with E-state index in [1.165, 1.54) is 75.7 Å². The van der Waals surface area contributed by atoms with Crippen LogP contribution in [0.5, 0.6) is 0 Å². The van der Waals surface area contributed by atoms with Gasteiger partial charge in [0.05, 0.1) is 12.6 Å². The van der Waals surface area contributed by atoms with Gasteiger partial charge in [-0.3, -0.25) is 52.7 Å². The van der Waals surface area contributed by atoms with E-state index in [2.05, 4.69) is 26.6 Å². The second kappa shape index (κ2) is 35.5. The van der Waals surface area contributed by atoms with Crippen LogP contribution in [-0.2, 0) is 52.7 Å². The lowest BCUT2D eigenvalue weighted by molar-refractivity contribution is -0.156. The van der Waals surface area contributed by atoms with Crippen molar-refractivity contribution in [3.63, 3.8) is 0 Å². The number of nitrogens with one attached hydrogen (secondary N) is 5. The molecular weight excluding hydrogens is 1090 g/mol. The molecule has 1 heterocycles. The third-order valence-electron chi connectivity index (χ3n) is 15.8. The van der Waals surface area contributed by atoms with E-state index in [4.69, 9.17) is 0 Å². The van der Waals surface area contributed by atoms with Gasteiger partial charge in [-0.1, -0.05) is 116 Å². The highest BCUT2D eigenvalue weighted by Gasteiger charge is 2.45. The summed E-state index contributed by atoms with van der Waals surface area (Å²) in [6.07, 6.45) is 3.48. The summed E-state index contributed by atoms with van der Waals surface area (Å²) in [6.45, 7) is 29.4. The Balaban J connectivity index is 4.31. The maximum Gasteiger partial charge on any atom is 0.246 e. The van der Waals surface area contributed by atoms with Crippen LogP contribution in [0.2, 0.25) is 0 Å². The SMILES string of the molecule is C/C=C/C[C@@H](C)[C@@H](O)[C@H]1C(=O)N[C@@H](CCC)C(=O)N(C)CC(=O)N(C)[C@H](CC(C)C)C(=O)N[C@H](C(C)C)C(=O)N(C)[C@H](CC(C)C)C(=O)N[C@@H](C)C(=O)N[C@H](C)C(=O)N[C@@H](CC(C)C)C(=O)N(C)[C@@H](CC(C)C)C(=O)N(C)[C@@H](C(C)C)C(=O)N1C. The Kier molecular flexibility index (Phi) is 32.1. The van der Waals surface area contributed by atoms with Gasteiger partial charge in [0.2, 0.25) is 65.0 Å². The van der Waals surface area contributed by atoms with E-state index in [0.29, 0.717) is 12.8 Å². The Morgan fingerprint density at radius 2 is 0.906 bits per heavy atom. The zero-order chi connectivity index (χ0) is 65.8. The van der Waals surface area contributed by atoms with Crippen molar-refractivity contribution in [2.24, 2.45) is 41.4 Å². The van der Waals surface area contributed by atoms with E-state index in [9.17, 15) is 48.3 Å². The lowest BCUT2D eigenvalue weighted by Gasteiger charge is -2.41. The summed E-state index contributed by atoms with van der Waals surface area (Å²) in [5.41, 5.74) is 0. The number of aliphatic hydroxyl groups is 1. The van der Waals surface area contributed by atoms with Gasteiger partial charge in [-0.2, -0.15) is 0 Å². The standard InChI is InChI=1S/C62H111N11O12/c1-24-26-28-40(15)52(75)51-57(80)65-43(27-25-2)58(81)68(18)33-48(74)69(19)45(30-35(5)6)56(79)67-49(38(11)12)61(84)70(20)46(31-36(7)8)55(78)64-41(16)53(76)63-42(17)54(77)66-44(29-34(3)4)59(82)71(21)47(32-37(9)10)60(83)72(22)50(39(13)14)62(85)73(51)23/h24,26,34-47,49-52,75H,25,27-33H2,1-23H3,(H,63,76)(H,64,78)(H,65,80)(H,66,77)(H,67,79)/b26-24+/t40-,41+,42-,43+,44+,45-,46-,47+,49-,50+,51+,52-/m1/s1. The molecule has 6 N–H and O–H groups in total. The normalized spacial score (nSPS) is 26.8. The molecule has 1 aliphatic heterocycles. The molecule has 0 aliphatic carbocycles. The molecule has 0 aromatic heterocycles. The van der Waals surface area contributed by atoms with E-state index in [-0.39, 0.29) is 55.8 Å². The first-order valence-corrected chi connectivity index (χ1v) is 30.7. The van der Waals surface area contributed by atoms with E-state index >= 15 is 9.59 Å². The third kappa shape index (κ3) is 22.6. The monoisotopic (exact) mass is 1200 g/mol. The fourth-order valence-electron chi connectivity index (χ4n) is 10.6. The number of rotatable bonds is 16. The van der Waals surface area contributed by atoms with Gasteiger partial charge in [0.25, 0.3) is 0 Å². The molecule has 1 aliphatic rings. The molecule has 23 heteroatoms. The summed E-state index contributed by atoms with van der Waals surface area (Å²) >= 11 is 0. The Morgan fingerprint density at radius 3 is 1.38 bits per heavy atom. The fraction of sp³-hybridized carbons (Fsp3) is 0.790. The van der Waals surface area contributed by atoms with Crippen LogP contribution in [0.15, 0.2) is 12.2 Å². The largest absolute Gasteiger partial charge is 0.390 e. The number of aliphatic hydroxyl groups excluding tert-OH is 1. The number of allylic oxidation sites excluding steroid dienone is 2. The van der Waals surface area contributed by atoms with Gasteiger partial charge < -0.3 is 61.1 Å². The second-order valence-electron chi connectivity index (χ2n) is 26.1. The van der Waals surface area contributed by atoms with Gasteiger partial charge in [0, 0.05) is 42.3 Å². The smallest absolute Gasteiger partial charge is 0.246 e. The van der Waals surface area contributed by atoms with Crippen molar-refractivity contribution in [2.45, 2.75) is 229 Å². The van der Waals surface area contributed by atoms with E-state index < -0.39 is 156 Å². The molecule has 85 heavy (non-hydrogen) atoms. The summed E-state index contributed by atoms with van der Waals surface area (Å²) in [5, 5.41) is 25.9. The summed E-state index contributed by atoms with van der Waals surface area (Å²) < 4.78 is 0. The number of carbonyl (C=O) groups excluding carboxylic acids is 11. The molecule has 0 spiro atoms. The Hall–Kier alpha value is -6.13. The van der Waals surface area contributed by atoms with Gasteiger partial charge in [0.1, 0.15) is 60.4 Å². The predicted octanol–water partition coefficient (Wildman–Crippen LogP) is 3.32. The number of carbonyl (C=O) groups is 11. The molecule has 0 saturated carbocycles. The molecule has 0 aromatic carbocycles. The number of likely N-dealkylation sites (N-methyl/N-ethyl adjacent to an activating group) is 6. The summed E-state index contributed by atoms with van der Waals surface area (Å²) in [6, 6.07) is -12.4. The highest BCUT2D eigenvalue weighted by Crippen LogP contribution is 2.25. The summed E-state index contributed by atoms with van der Waals surface area (Å²) in [7, 11) is 8.48. The van der Waals surface area contributed by atoms with Crippen molar-refractivity contribution in [1.82, 2.24) is 56.0 Å². The Morgan fingerprint density at radius 1 is 0.471 bits per heavy atom. The summed E-state index contributed by atoms with van der Waals surface area (Å²) in [4.78, 5) is 167. The van der Waals surface area contributed by atoms with Crippen molar-refractivity contribution in [1.29, 1.82) is 0 Å². The predicted molar refractivity (Wildman–Crippen MR) is 328 cm³/mol. The van der Waals surface area contributed by atoms with Crippen LogP contribution in [0.3, 0.4) is 0 Å². The van der Waals surface area contributed by atoms with Crippen LogP contribution >= 0.6 is 0 Å². The van der Waals surface area contributed by atoms with Crippen molar-refractivity contribution in [2.75, 3.05) is 48.8 Å². The molecule has 11 amide bonds. The summed E-state index contributed by atoms with van der Waals surface area (Å²) in [5.74, 6) is -9.82. The zero-order valence-electron chi connectivity index (χ0n) is 55.8. The second-order valence-corrected chi connectivity index (χ2v) is 26.1. The molecule has 1 rings (SSSR count).